The summed E-state index contributed by atoms with van der Waals surface area (Å²) in [4.78, 5) is 37.3. The Kier molecular flexibility index (Phi) is 6.06. The lowest BCUT2D eigenvalue weighted by molar-refractivity contribution is -0.152. The van der Waals surface area contributed by atoms with Gasteiger partial charge in [0.15, 0.2) is 0 Å². The molecule has 1 fully saturated rings. The summed E-state index contributed by atoms with van der Waals surface area (Å²) in [5.74, 6) is -1.11. The van der Waals surface area contributed by atoms with Crippen LogP contribution in [-0.4, -0.2) is 66.4 Å². The zero-order chi connectivity index (χ0) is 23.7. The number of nitrogens with zero attached hydrogens (tertiary/aromatic N) is 1. The van der Waals surface area contributed by atoms with Crippen LogP contribution in [0.2, 0.25) is 0 Å². The second-order valence-corrected chi connectivity index (χ2v) is 8.87. The van der Waals surface area contributed by atoms with Gasteiger partial charge in [0.1, 0.15) is 13.2 Å². The van der Waals surface area contributed by atoms with Crippen molar-refractivity contribution in [1.29, 1.82) is 0 Å². The van der Waals surface area contributed by atoms with Crippen LogP contribution >= 0.6 is 0 Å². The fourth-order valence-corrected chi connectivity index (χ4v) is 4.91. The van der Waals surface area contributed by atoms with Gasteiger partial charge in [-0.2, -0.15) is 0 Å². The molecule has 5 rings (SSSR count). The van der Waals surface area contributed by atoms with Gasteiger partial charge in [-0.25, -0.2) is 9.59 Å². The molecule has 0 bridgehead atoms. The molecule has 1 aliphatic heterocycles. The molecule has 2 aromatic rings. The summed E-state index contributed by atoms with van der Waals surface area (Å²) in [6, 6.07) is 16.2. The Labute approximate surface area is 197 Å². The van der Waals surface area contributed by atoms with E-state index in [0.29, 0.717) is 31.5 Å². The predicted molar refractivity (Wildman–Crippen MR) is 123 cm³/mol. The zero-order valence-corrected chi connectivity index (χ0v) is 18.6. The van der Waals surface area contributed by atoms with Gasteiger partial charge in [-0.3, -0.25) is 4.79 Å². The van der Waals surface area contributed by atoms with E-state index in [1.807, 2.05) is 30.3 Å². The first-order valence-electron chi connectivity index (χ1n) is 11.4. The monoisotopic (exact) mass is 462 g/mol. The molecule has 2 N–H and O–H groups in total. The summed E-state index contributed by atoms with van der Waals surface area (Å²) < 4.78 is 10.8. The second-order valence-electron chi connectivity index (χ2n) is 8.87. The van der Waals surface area contributed by atoms with E-state index >= 15 is 0 Å². The first-order chi connectivity index (χ1) is 16.5. The van der Waals surface area contributed by atoms with E-state index in [2.05, 4.69) is 29.6 Å². The van der Waals surface area contributed by atoms with Crippen molar-refractivity contribution in [2.24, 2.45) is 0 Å². The second kappa shape index (κ2) is 9.30. The summed E-state index contributed by atoms with van der Waals surface area (Å²) >= 11 is 0. The van der Waals surface area contributed by atoms with Crippen LogP contribution in [0.25, 0.3) is 11.1 Å². The number of hydrogen-bond donors (Lipinski definition) is 2. The molecule has 2 amide bonds. The van der Waals surface area contributed by atoms with Crippen LogP contribution in [0, 0.1) is 0 Å². The van der Waals surface area contributed by atoms with Crippen LogP contribution in [0.5, 0.6) is 0 Å². The molecule has 0 saturated carbocycles. The van der Waals surface area contributed by atoms with Gasteiger partial charge in [0.05, 0.1) is 6.10 Å². The number of benzene rings is 2. The van der Waals surface area contributed by atoms with E-state index in [0.717, 1.165) is 11.1 Å². The molecule has 8 nitrogen and oxygen atoms in total. The SMILES string of the molecule is O=C(O)COC1CN(C(=O)C2=CCC(NC(=O)OCC3c4ccccc4-c4ccccc43)C2)C1. The lowest BCUT2D eigenvalue weighted by Crippen LogP contribution is -2.55. The number of fused-ring (bicyclic) bond motifs is 3. The highest BCUT2D eigenvalue weighted by Crippen LogP contribution is 2.44. The zero-order valence-electron chi connectivity index (χ0n) is 18.6. The summed E-state index contributed by atoms with van der Waals surface area (Å²) in [5, 5.41) is 11.5. The standard InChI is InChI=1S/C26H26N2O6/c29-24(30)15-33-18-12-28(13-18)25(31)16-9-10-17(11-16)27-26(32)34-14-23-21-7-3-1-5-19(21)20-6-2-4-8-22(20)23/h1-9,17-18,23H,10-15H2,(H,27,32)(H,29,30). The normalized spacial score (nSPS) is 19.1. The molecule has 1 heterocycles. The van der Waals surface area contributed by atoms with Crippen LogP contribution in [0.15, 0.2) is 60.2 Å². The molecule has 34 heavy (non-hydrogen) atoms. The predicted octanol–water partition coefficient (Wildman–Crippen LogP) is 2.93. The molecule has 1 atom stereocenters. The third-order valence-corrected chi connectivity index (χ3v) is 6.63. The van der Waals surface area contributed by atoms with Crippen molar-refractivity contribution >= 4 is 18.0 Å². The number of aliphatic carboxylic acids is 1. The lowest BCUT2D eigenvalue weighted by Gasteiger charge is -2.38. The quantitative estimate of drug-likeness (QED) is 0.656. The number of amides is 2. The fraction of sp³-hybridized carbons (Fsp3) is 0.346. The van der Waals surface area contributed by atoms with Crippen LogP contribution in [0.1, 0.15) is 29.9 Å². The molecular weight excluding hydrogens is 436 g/mol. The van der Waals surface area contributed by atoms with E-state index in [-0.39, 0.29) is 37.2 Å². The largest absolute Gasteiger partial charge is 0.480 e. The number of rotatable bonds is 7. The number of carbonyl (C=O) groups excluding carboxylic acids is 2. The maximum absolute atomic E-state index is 12.6. The van der Waals surface area contributed by atoms with Crippen molar-refractivity contribution in [1.82, 2.24) is 10.2 Å². The van der Waals surface area contributed by atoms with Crippen molar-refractivity contribution in [2.75, 3.05) is 26.3 Å². The summed E-state index contributed by atoms with van der Waals surface area (Å²) in [7, 11) is 0. The third-order valence-electron chi connectivity index (χ3n) is 6.63. The van der Waals surface area contributed by atoms with Gasteiger partial charge in [-0.1, -0.05) is 54.6 Å². The molecule has 0 aromatic heterocycles. The number of nitrogens with one attached hydrogen (secondary N) is 1. The van der Waals surface area contributed by atoms with E-state index in [1.165, 1.54) is 11.1 Å². The van der Waals surface area contributed by atoms with Gasteiger partial charge < -0.3 is 24.8 Å². The first-order valence-corrected chi connectivity index (χ1v) is 11.4. The maximum Gasteiger partial charge on any atom is 0.407 e. The fourth-order valence-electron chi connectivity index (χ4n) is 4.91. The number of hydrogen-bond acceptors (Lipinski definition) is 5. The van der Waals surface area contributed by atoms with E-state index in [4.69, 9.17) is 14.6 Å². The number of alkyl carbamates (subject to hydrolysis) is 1. The molecule has 2 aromatic carbocycles. The van der Waals surface area contributed by atoms with Crippen LogP contribution in [0.4, 0.5) is 4.79 Å². The minimum atomic E-state index is -1.02. The van der Waals surface area contributed by atoms with Gasteiger partial charge in [0.2, 0.25) is 5.91 Å². The highest BCUT2D eigenvalue weighted by atomic mass is 16.5. The van der Waals surface area contributed by atoms with Crippen LogP contribution in [0.3, 0.4) is 0 Å². The molecule has 1 saturated heterocycles. The smallest absolute Gasteiger partial charge is 0.407 e. The number of carbonyl (C=O) groups is 3. The van der Waals surface area contributed by atoms with Gasteiger partial charge in [-0.05, 0) is 35.1 Å². The molecular formula is C26H26N2O6. The first kappa shape index (κ1) is 22.2. The van der Waals surface area contributed by atoms with E-state index < -0.39 is 12.1 Å². The van der Waals surface area contributed by atoms with Crippen LogP contribution in [-0.2, 0) is 19.1 Å². The highest BCUT2D eigenvalue weighted by Gasteiger charge is 2.35. The molecule has 0 spiro atoms. The average Bonchev–Trinajstić information content (AvgIpc) is 3.39. The van der Waals surface area contributed by atoms with Crippen LogP contribution < -0.4 is 5.32 Å². The van der Waals surface area contributed by atoms with Crippen molar-refractivity contribution in [3.05, 3.63) is 71.3 Å². The Morgan fingerprint density at radius 1 is 1.00 bits per heavy atom. The number of carboxylic acids is 1. The number of ether oxygens (including phenoxy) is 2. The number of carboxylic acid groups (broad SMARTS) is 1. The summed E-state index contributed by atoms with van der Waals surface area (Å²) in [6.45, 7) is 0.653. The Morgan fingerprint density at radius 3 is 2.29 bits per heavy atom. The van der Waals surface area contributed by atoms with Crippen molar-refractivity contribution < 1.29 is 29.0 Å². The van der Waals surface area contributed by atoms with E-state index in [1.54, 1.807) is 4.90 Å². The average molecular weight is 463 g/mol. The minimum Gasteiger partial charge on any atom is -0.480 e. The van der Waals surface area contributed by atoms with E-state index in [9.17, 15) is 14.4 Å². The third kappa shape index (κ3) is 4.41. The highest BCUT2D eigenvalue weighted by molar-refractivity contribution is 5.94. The molecule has 1 unspecified atom stereocenters. The van der Waals surface area contributed by atoms with Gasteiger partial charge >= 0.3 is 12.1 Å². The minimum absolute atomic E-state index is 0.000278. The number of likely N-dealkylation sites (tertiary alicyclic amines) is 1. The maximum atomic E-state index is 12.6. The van der Waals surface area contributed by atoms with Gasteiger partial charge in [0.25, 0.3) is 0 Å². The molecule has 8 heteroatoms. The summed E-state index contributed by atoms with van der Waals surface area (Å²) in [5.41, 5.74) is 5.33. The summed E-state index contributed by atoms with van der Waals surface area (Å²) in [6.07, 6.45) is 2.14. The lowest BCUT2D eigenvalue weighted by atomic mass is 9.98. The topological polar surface area (TPSA) is 105 Å². The van der Waals surface area contributed by atoms with Gasteiger partial charge in [0, 0.05) is 30.6 Å². The van der Waals surface area contributed by atoms with Crippen molar-refractivity contribution in [3.63, 3.8) is 0 Å². The Bertz CT molecular complexity index is 1110. The molecule has 0 radical (unpaired) electrons. The Morgan fingerprint density at radius 2 is 1.65 bits per heavy atom. The Hall–Kier alpha value is -3.65. The Balaban J connectivity index is 1.09. The van der Waals surface area contributed by atoms with Gasteiger partial charge in [-0.15, -0.1) is 0 Å². The van der Waals surface area contributed by atoms with Crippen molar-refractivity contribution in [2.45, 2.75) is 30.9 Å². The van der Waals surface area contributed by atoms with Crippen molar-refractivity contribution in [3.8, 4) is 11.1 Å². The molecule has 176 valence electrons. The molecule has 2 aliphatic carbocycles. The molecule has 3 aliphatic rings.